The van der Waals surface area contributed by atoms with Gasteiger partial charge in [-0.1, -0.05) is 6.08 Å². The fourth-order valence-electron chi connectivity index (χ4n) is 1.50. The van der Waals surface area contributed by atoms with E-state index in [9.17, 15) is 18.0 Å². The summed E-state index contributed by atoms with van der Waals surface area (Å²) >= 11 is 0. The van der Waals surface area contributed by atoms with Crippen molar-refractivity contribution in [3.63, 3.8) is 0 Å². The quantitative estimate of drug-likeness (QED) is 0.684. The number of carboxylic acids is 1. The number of carbonyl (C=O) groups excluding carboxylic acids is 1. The monoisotopic (exact) mass is 312 g/mol. The van der Waals surface area contributed by atoms with E-state index in [1.165, 1.54) is 30.3 Å². The Morgan fingerprint density at radius 2 is 1.90 bits per heavy atom. The molecule has 1 unspecified atom stereocenters. The van der Waals surface area contributed by atoms with Crippen LogP contribution in [-0.4, -0.2) is 37.8 Å². The summed E-state index contributed by atoms with van der Waals surface area (Å²) in [4.78, 5) is 22.6. The summed E-state index contributed by atoms with van der Waals surface area (Å²) in [6.07, 6.45) is 2.56. The van der Waals surface area contributed by atoms with Gasteiger partial charge in [-0.05, 0) is 30.7 Å². The number of aliphatic carboxylic acids is 1. The second kappa shape index (κ2) is 6.89. The molecule has 2 amide bonds. The number of hydrogen-bond donors (Lipinski definition) is 3. The van der Waals surface area contributed by atoms with Gasteiger partial charge in [-0.15, -0.1) is 6.58 Å². The van der Waals surface area contributed by atoms with Gasteiger partial charge in [0.1, 0.15) is 6.04 Å². The predicted octanol–water partition coefficient (Wildman–Crippen LogP) is 1.24. The number of anilines is 1. The van der Waals surface area contributed by atoms with E-state index in [0.29, 0.717) is 5.69 Å². The normalized spacial score (nSPS) is 12.2. The molecule has 0 aliphatic carbocycles. The van der Waals surface area contributed by atoms with Crippen molar-refractivity contribution < 1.29 is 23.1 Å². The molecule has 114 valence electrons. The van der Waals surface area contributed by atoms with Crippen LogP contribution in [0.2, 0.25) is 0 Å². The van der Waals surface area contributed by atoms with E-state index in [2.05, 4.69) is 17.2 Å². The first-order valence-corrected chi connectivity index (χ1v) is 7.84. The van der Waals surface area contributed by atoms with Gasteiger partial charge in [-0.25, -0.2) is 18.0 Å². The zero-order valence-electron chi connectivity index (χ0n) is 11.4. The first-order valence-electron chi connectivity index (χ1n) is 5.95. The van der Waals surface area contributed by atoms with Gasteiger partial charge in [0.05, 0.1) is 4.90 Å². The van der Waals surface area contributed by atoms with Crippen molar-refractivity contribution in [1.82, 2.24) is 5.32 Å². The van der Waals surface area contributed by atoms with Crippen LogP contribution in [0.4, 0.5) is 10.5 Å². The molecule has 0 saturated heterocycles. The smallest absolute Gasteiger partial charge is 0.326 e. The summed E-state index contributed by atoms with van der Waals surface area (Å²) in [6.45, 7) is 3.41. The van der Waals surface area contributed by atoms with Crippen LogP contribution < -0.4 is 10.6 Å². The van der Waals surface area contributed by atoms with Gasteiger partial charge in [0.2, 0.25) is 0 Å². The van der Waals surface area contributed by atoms with Gasteiger partial charge in [0.25, 0.3) is 0 Å². The number of carbonyl (C=O) groups is 2. The average Bonchev–Trinajstić information content (AvgIpc) is 2.37. The summed E-state index contributed by atoms with van der Waals surface area (Å²) in [5, 5.41) is 13.6. The van der Waals surface area contributed by atoms with Crippen molar-refractivity contribution in [3.05, 3.63) is 36.9 Å². The standard InChI is InChI=1S/C13H16N2O5S/c1-3-4-11(12(16)17)15-13(18)14-9-5-7-10(8-6-9)21(2,19)20/h3,5-8,11H,1,4H2,2H3,(H,16,17)(H2,14,15,18). The number of rotatable bonds is 6. The number of carboxylic acid groups (broad SMARTS) is 1. The first kappa shape index (κ1) is 16.7. The largest absolute Gasteiger partial charge is 0.480 e. The lowest BCUT2D eigenvalue weighted by atomic mass is 10.2. The molecule has 0 spiro atoms. The Balaban J connectivity index is 2.70. The lowest BCUT2D eigenvalue weighted by Crippen LogP contribution is -2.42. The Morgan fingerprint density at radius 3 is 2.33 bits per heavy atom. The molecular weight excluding hydrogens is 296 g/mol. The first-order chi connectivity index (χ1) is 9.74. The van der Waals surface area contributed by atoms with Crippen LogP contribution in [-0.2, 0) is 14.6 Å². The van der Waals surface area contributed by atoms with Crippen LogP contribution in [0.5, 0.6) is 0 Å². The van der Waals surface area contributed by atoms with Crippen molar-refractivity contribution >= 4 is 27.5 Å². The average molecular weight is 312 g/mol. The highest BCUT2D eigenvalue weighted by atomic mass is 32.2. The minimum atomic E-state index is -3.30. The minimum Gasteiger partial charge on any atom is -0.480 e. The molecule has 7 nitrogen and oxygen atoms in total. The predicted molar refractivity (Wildman–Crippen MR) is 77.9 cm³/mol. The number of hydrogen-bond acceptors (Lipinski definition) is 4. The van der Waals surface area contributed by atoms with Gasteiger partial charge >= 0.3 is 12.0 Å². The van der Waals surface area contributed by atoms with Gasteiger partial charge in [0.15, 0.2) is 9.84 Å². The molecular formula is C13H16N2O5S. The zero-order chi connectivity index (χ0) is 16.0. The number of sulfone groups is 1. The topological polar surface area (TPSA) is 113 Å². The molecule has 3 N–H and O–H groups in total. The maximum absolute atomic E-state index is 11.6. The van der Waals surface area contributed by atoms with Gasteiger partial charge in [-0.3, -0.25) is 0 Å². The highest BCUT2D eigenvalue weighted by molar-refractivity contribution is 7.90. The number of benzene rings is 1. The molecule has 8 heteroatoms. The van der Waals surface area contributed by atoms with Crippen LogP contribution >= 0.6 is 0 Å². The van der Waals surface area contributed by atoms with E-state index in [-0.39, 0.29) is 11.3 Å². The number of amides is 2. The Labute approximate surface area is 122 Å². The summed E-state index contributed by atoms with van der Waals surface area (Å²) < 4.78 is 22.6. The second-order valence-corrected chi connectivity index (χ2v) is 6.33. The SMILES string of the molecule is C=CCC(NC(=O)Nc1ccc(S(C)(=O)=O)cc1)C(=O)O. The van der Waals surface area contributed by atoms with Crippen molar-refractivity contribution in [2.75, 3.05) is 11.6 Å². The van der Waals surface area contributed by atoms with Crippen LogP contribution in [0.25, 0.3) is 0 Å². The number of urea groups is 1. The third-order valence-electron chi connectivity index (χ3n) is 2.55. The highest BCUT2D eigenvalue weighted by Gasteiger charge is 2.18. The van der Waals surface area contributed by atoms with E-state index in [4.69, 9.17) is 5.11 Å². The molecule has 0 bridgehead atoms. The van der Waals surface area contributed by atoms with E-state index >= 15 is 0 Å². The Kier molecular flexibility index (Phi) is 5.48. The Morgan fingerprint density at radius 1 is 1.33 bits per heavy atom. The van der Waals surface area contributed by atoms with Gasteiger partial charge < -0.3 is 15.7 Å². The molecule has 0 aromatic heterocycles. The molecule has 21 heavy (non-hydrogen) atoms. The maximum Gasteiger partial charge on any atom is 0.326 e. The molecule has 0 saturated carbocycles. The summed E-state index contributed by atoms with van der Waals surface area (Å²) in [7, 11) is -3.30. The van der Waals surface area contributed by atoms with Crippen LogP contribution in [0.3, 0.4) is 0 Å². The third-order valence-corrected chi connectivity index (χ3v) is 3.67. The van der Waals surface area contributed by atoms with Crippen molar-refractivity contribution in [1.29, 1.82) is 0 Å². The minimum absolute atomic E-state index is 0.0930. The summed E-state index contributed by atoms with van der Waals surface area (Å²) in [6, 6.07) is 3.76. The molecule has 0 heterocycles. The lowest BCUT2D eigenvalue weighted by molar-refractivity contribution is -0.139. The van der Waals surface area contributed by atoms with Crippen molar-refractivity contribution in [2.45, 2.75) is 17.4 Å². The van der Waals surface area contributed by atoms with Crippen LogP contribution in [0.15, 0.2) is 41.8 Å². The molecule has 0 aliphatic rings. The van der Waals surface area contributed by atoms with Crippen LogP contribution in [0.1, 0.15) is 6.42 Å². The number of nitrogens with one attached hydrogen (secondary N) is 2. The third kappa shape index (κ3) is 5.27. The Hall–Kier alpha value is -2.35. The molecule has 1 aromatic carbocycles. The van der Waals surface area contributed by atoms with E-state index in [0.717, 1.165) is 6.26 Å². The fraction of sp³-hybridized carbons (Fsp3) is 0.231. The summed E-state index contributed by atoms with van der Waals surface area (Å²) in [5.41, 5.74) is 0.350. The lowest BCUT2D eigenvalue weighted by Gasteiger charge is -2.13. The van der Waals surface area contributed by atoms with Gasteiger partial charge in [0, 0.05) is 11.9 Å². The molecule has 1 rings (SSSR count). The molecule has 1 atom stereocenters. The molecule has 0 radical (unpaired) electrons. The maximum atomic E-state index is 11.6. The van der Waals surface area contributed by atoms with Crippen molar-refractivity contribution in [3.8, 4) is 0 Å². The van der Waals surface area contributed by atoms with Crippen molar-refractivity contribution in [2.24, 2.45) is 0 Å². The van der Waals surface area contributed by atoms with E-state index < -0.39 is 27.9 Å². The van der Waals surface area contributed by atoms with Gasteiger partial charge in [-0.2, -0.15) is 0 Å². The summed E-state index contributed by atoms with van der Waals surface area (Å²) in [5.74, 6) is -1.17. The Bertz CT molecular complexity index is 637. The zero-order valence-corrected chi connectivity index (χ0v) is 12.2. The molecule has 0 fully saturated rings. The fourth-order valence-corrected chi connectivity index (χ4v) is 2.13. The van der Waals surface area contributed by atoms with E-state index in [1.807, 2.05) is 0 Å². The van der Waals surface area contributed by atoms with E-state index in [1.54, 1.807) is 0 Å². The highest BCUT2D eigenvalue weighted by Crippen LogP contribution is 2.13. The van der Waals surface area contributed by atoms with Crippen LogP contribution in [0, 0.1) is 0 Å². The molecule has 0 aliphatic heterocycles. The molecule has 1 aromatic rings. The second-order valence-electron chi connectivity index (χ2n) is 4.31.